The van der Waals surface area contributed by atoms with Crippen molar-refractivity contribution in [3.05, 3.63) is 65.2 Å². The predicted molar refractivity (Wildman–Crippen MR) is 121 cm³/mol. The highest BCUT2D eigenvalue weighted by Crippen LogP contribution is 2.26. The quantitative estimate of drug-likeness (QED) is 0.778. The van der Waals surface area contributed by atoms with E-state index in [1.807, 2.05) is 12.1 Å². The van der Waals surface area contributed by atoms with Crippen LogP contribution in [-0.2, 0) is 6.54 Å². The lowest BCUT2D eigenvalue weighted by atomic mass is 9.99. The Kier molecular flexibility index (Phi) is 7.09. The Morgan fingerprint density at radius 1 is 0.897 bits per heavy atom. The number of piperazine rings is 1. The number of aliphatic hydroxyl groups is 1. The highest BCUT2D eigenvalue weighted by Gasteiger charge is 2.32. The highest BCUT2D eigenvalue weighted by molar-refractivity contribution is 6.30. The van der Waals surface area contributed by atoms with Crippen LogP contribution in [0.15, 0.2) is 54.6 Å². The van der Waals surface area contributed by atoms with Crippen molar-refractivity contribution in [3.63, 3.8) is 0 Å². The fraction of sp³-hybridized carbons (Fsp3) is 0.500. The van der Waals surface area contributed by atoms with Crippen molar-refractivity contribution in [1.29, 1.82) is 0 Å². The molecule has 0 radical (unpaired) electrons. The summed E-state index contributed by atoms with van der Waals surface area (Å²) in [5.41, 5.74) is 2.64. The first kappa shape index (κ1) is 20.7. The normalized spacial score (nSPS) is 22.1. The molecule has 2 heterocycles. The van der Waals surface area contributed by atoms with E-state index in [-0.39, 0.29) is 6.61 Å². The van der Waals surface area contributed by atoms with Crippen LogP contribution in [0.5, 0.6) is 0 Å². The summed E-state index contributed by atoms with van der Waals surface area (Å²) in [6.45, 7) is 6.71. The van der Waals surface area contributed by atoms with Crippen LogP contribution in [0.2, 0.25) is 5.02 Å². The molecule has 2 aromatic rings. The molecule has 0 saturated carbocycles. The molecule has 0 unspecified atom stereocenters. The average molecular weight is 414 g/mol. The zero-order valence-corrected chi connectivity index (χ0v) is 17.8. The summed E-state index contributed by atoms with van der Waals surface area (Å²) in [5.74, 6) is 0. The number of hydrogen-bond donors (Lipinski definition) is 1. The van der Waals surface area contributed by atoms with Crippen molar-refractivity contribution in [3.8, 4) is 0 Å². The molecule has 0 aliphatic carbocycles. The minimum absolute atomic E-state index is 0.263. The first-order valence-corrected chi connectivity index (χ1v) is 11.2. The number of rotatable bonds is 6. The molecule has 4 rings (SSSR count). The molecule has 4 nitrogen and oxygen atoms in total. The van der Waals surface area contributed by atoms with Gasteiger partial charge in [0.25, 0.3) is 0 Å². The number of halogens is 1. The van der Waals surface area contributed by atoms with E-state index in [0.717, 1.165) is 50.7 Å². The molecule has 2 aliphatic rings. The van der Waals surface area contributed by atoms with E-state index in [4.69, 9.17) is 11.6 Å². The van der Waals surface area contributed by atoms with Crippen molar-refractivity contribution in [2.24, 2.45) is 0 Å². The third kappa shape index (κ3) is 5.32. The molecule has 1 atom stereocenters. The van der Waals surface area contributed by atoms with Gasteiger partial charge in [0.2, 0.25) is 0 Å². The average Bonchev–Trinajstić information content (AvgIpc) is 2.77. The van der Waals surface area contributed by atoms with E-state index in [1.54, 1.807) is 0 Å². The lowest BCUT2D eigenvalue weighted by molar-refractivity contribution is 0.0254. The second-order valence-electron chi connectivity index (χ2n) is 8.31. The van der Waals surface area contributed by atoms with Crippen molar-refractivity contribution >= 4 is 17.3 Å². The Hall–Kier alpha value is -1.59. The number of aliphatic hydroxyl groups excluding tert-OH is 1. The fourth-order valence-corrected chi connectivity index (χ4v) is 4.96. The summed E-state index contributed by atoms with van der Waals surface area (Å²) < 4.78 is 0. The van der Waals surface area contributed by atoms with Crippen LogP contribution in [0.3, 0.4) is 0 Å². The van der Waals surface area contributed by atoms with Crippen molar-refractivity contribution in [2.75, 3.05) is 44.2 Å². The van der Waals surface area contributed by atoms with Gasteiger partial charge >= 0.3 is 0 Å². The van der Waals surface area contributed by atoms with E-state index in [0.29, 0.717) is 12.1 Å². The van der Waals surface area contributed by atoms with E-state index in [1.165, 1.54) is 24.1 Å². The van der Waals surface area contributed by atoms with Crippen molar-refractivity contribution < 1.29 is 5.11 Å². The van der Waals surface area contributed by atoms with E-state index < -0.39 is 0 Å². The second-order valence-corrected chi connectivity index (χ2v) is 8.75. The summed E-state index contributed by atoms with van der Waals surface area (Å²) in [5, 5.41) is 10.4. The van der Waals surface area contributed by atoms with Gasteiger partial charge in [0.05, 0.1) is 0 Å². The molecule has 0 aromatic heterocycles. The van der Waals surface area contributed by atoms with Gasteiger partial charge in [-0.3, -0.25) is 9.80 Å². The molecule has 2 fully saturated rings. The minimum atomic E-state index is 0.263. The molecule has 2 saturated heterocycles. The Balaban J connectivity index is 1.32. The SMILES string of the molecule is OCC[C@H]1CN(C2CCN(c3ccc(Cl)cc3)CC2)CCN1Cc1ccccc1. The molecule has 156 valence electrons. The third-order valence-corrected chi connectivity index (χ3v) is 6.75. The van der Waals surface area contributed by atoms with Crippen LogP contribution in [0.25, 0.3) is 0 Å². The maximum atomic E-state index is 9.62. The van der Waals surface area contributed by atoms with E-state index in [2.05, 4.69) is 57.2 Å². The van der Waals surface area contributed by atoms with E-state index >= 15 is 0 Å². The van der Waals surface area contributed by atoms with Crippen LogP contribution >= 0.6 is 11.6 Å². The molecule has 0 spiro atoms. The Morgan fingerprint density at radius 2 is 1.62 bits per heavy atom. The maximum Gasteiger partial charge on any atom is 0.0446 e. The van der Waals surface area contributed by atoms with Gasteiger partial charge in [0.1, 0.15) is 0 Å². The maximum absolute atomic E-state index is 9.62. The first-order chi connectivity index (χ1) is 14.2. The van der Waals surface area contributed by atoms with Gasteiger partial charge in [-0.1, -0.05) is 41.9 Å². The van der Waals surface area contributed by atoms with Gasteiger partial charge in [0, 0.05) is 68.7 Å². The Bertz CT molecular complexity index is 746. The number of piperidine rings is 1. The molecule has 0 bridgehead atoms. The predicted octanol–water partition coefficient (Wildman–Crippen LogP) is 3.88. The third-order valence-electron chi connectivity index (χ3n) is 6.50. The molecule has 29 heavy (non-hydrogen) atoms. The van der Waals surface area contributed by atoms with Gasteiger partial charge in [0.15, 0.2) is 0 Å². The largest absolute Gasteiger partial charge is 0.396 e. The number of anilines is 1. The second kappa shape index (κ2) is 9.94. The molecule has 2 aromatic carbocycles. The molecule has 5 heteroatoms. The van der Waals surface area contributed by atoms with Crippen LogP contribution in [0.1, 0.15) is 24.8 Å². The molecular formula is C24H32ClN3O. The van der Waals surface area contributed by atoms with Crippen LogP contribution < -0.4 is 4.90 Å². The summed E-state index contributed by atoms with van der Waals surface area (Å²) >= 11 is 6.03. The standard InChI is InChI=1S/C24H32ClN3O/c25-21-6-8-22(9-7-21)26-13-10-23(11-14-26)28-16-15-27(24(19-28)12-17-29)18-20-4-2-1-3-5-20/h1-9,23-24,29H,10-19H2/t24-/m0/s1. The molecule has 2 aliphatic heterocycles. The molecule has 0 amide bonds. The van der Waals surface area contributed by atoms with Gasteiger partial charge in [-0.05, 0) is 49.1 Å². The number of hydrogen-bond acceptors (Lipinski definition) is 4. The smallest absolute Gasteiger partial charge is 0.0446 e. The number of benzene rings is 2. The summed E-state index contributed by atoms with van der Waals surface area (Å²) in [6, 6.07) is 20.0. The van der Waals surface area contributed by atoms with Gasteiger partial charge in [-0.15, -0.1) is 0 Å². The highest BCUT2D eigenvalue weighted by atomic mass is 35.5. The first-order valence-electron chi connectivity index (χ1n) is 10.9. The van der Waals surface area contributed by atoms with Crippen LogP contribution in [0, 0.1) is 0 Å². The van der Waals surface area contributed by atoms with Crippen molar-refractivity contribution in [2.45, 2.75) is 37.9 Å². The summed E-state index contributed by atoms with van der Waals surface area (Å²) in [6.07, 6.45) is 3.26. The lowest BCUT2D eigenvalue weighted by Gasteiger charge is -2.47. The minimum Gasteiger partial charge on any atom is -0.396 e. The zero-order valence-electron chi connectivity index (χ0n) is 17.1. The van der Waals surface area contributed by atoms with Crippen LogP contribution in [-0.4, -0.2) is 66.3 Å². The monoisotopic (exact) mass is 413 g/mol. The lowest BCUT2D eigenvalue weighted by Crippen LogP contribution is -2.57. The summed E-state index contributed by atoms with van der Waals surface area (Å²) in [7, 11) is 0. The topological polar surface area (TPSA) is 30.0 Å². The van der Waals surface area contributed by atoms with Gasteiger partial charge in [-0.25, -0.2) is 0 Å². The van der Waals surface area contributed by atoms with Crippen LogP contribution in [0.4, 0.5) is 5.69 Å². The molecule has 1 N–H and O–H groups in total. The van der Waals surface area contributed by atoms with Gasteiger partial charge in [-0.2, -0.15) is 0 Å². The Morgan fingerprint density at radius 3 is 2.31 bits per heavy atom. The number of nitrogens with zero attached hydrogens (tertiary/aromatic N) is 3. The molecular weight excluding hydrogens is 382 g/mol. The van der Waals surface area contributed by atoms with E-state index in [9.17, 15) is 5.11 Å². The van der Waals surface area contributed by atoms with Gasteiger partial charge < -0.3 is 10.0 Å². The summed E-state index contributed by atoms with van der Waals surface area (Å²) in [4.78, 5) is 7.72. The fourth-order valence-electron chi connectivity index (χ4n) is 4.84. The Labute approximate surface area is 179 Å². The zero-order chi connectivity index (χ0) is 20.1. The van der Waals surface area contributed by atoms with Crippen molar-refractivity contribution in [1.82, 2.24) is 9.80 Å².